The maximum absolute atomic E-state index is 15.2. The van der Waals surface area contributed by atoms with Crippen LogP contribution in [0.15, 0.2) is 54.7 Å². The molecule has 0 atom stereocenters. The molecule has 0 unspecified atom stereocenters. The fourth-order valence-electron chi connectivity index (χ4n) is 4.36. The van der Waals surface area contributed by atoms with Crippen LogP contribution in [-0.4, -0.2) is 43.6 Å². The van der Waals surface area contributed by atoms with Crippen LogP contribution >= 0.6 is 11.3 Å². The molecular weight excluding hydrogens is 548 g/mol. The third-order valence-electron chi connectivity index (χ3n) is 6.55. The average Bonchev–Trinajstić information content (AvgIpc) is 3.55. The molecule has 0 aliphatic carbocycles. The van der Waals surface area contributed by atoms with Crippen LogP contribution in [0.25, 0.3) is 32.2 Å². The van der Waals surface area contributed by atoms with Crippen molar-refractivity contribution in [3.8, 4) is 10.4 Å². The second kappa shape index (κ2) is 9.90. The smallest absolute Gasteiger partial charge is 0.383 e. The van der Waals surface area contributed by atoms with E-state index in [-0.39, 0.29) is 28.1 Å². The second-order valence-corrected chi connectivity index (χ2v) is 10.2. The van der Waals surface area contributed by atoms with Crippen LogP contribution in [0.2, 0.25) is 0 Å². The SMILES string of the molecule is CC(=O)N(C)N(Cc1ccc(-c2ccc(C(F)(F)F)s2)cc1F)C(=O)c1ccc2nc(N)c3cnn(C)c3c2c1. The molecule has 0 spiro atoms. The van der Waals surface area contributed by atoms with E-state index in [2.05, 4.69) is 10.1 Å². The Hall–Kier alpha value is -4.52. The molecule has 0 aliphatic heterocycles. The number of nitrogens with two attached hydrogens (primary N) is 1. The Kier molecular flexibility index (Phi) is 6.70. The van der Waals surface area contributed by atoms with Gasteiger partial charge < -0.3 is 5.73 Å². The Labute approximate surface area is 229 Å². The van der Waals surface area contributed by atoms with Crippen molar-refractivity contribution in [1.29, 1.82) is 0 Å². The Balaban J connectivity index is 1.50. The molecule has 0 saturated carbocycles. The van der Waals surface area contributed by atoms with E-state index in [1.54, 1.807) is 30.1 Å². The third-order valence-corrected chi connectivity index (χ3v) is 7.73. The fourth-order valence-corrected chi connectivity index (χ4v) is 5.23. The number of thiophene rings is 1. The van der Waals surface area contributed by atoms with Gasteiger partial charge in [-0.25, -0.2) is 14.4 Å². The lowest BCUT2D eigenvalue weighted by Crippen LogP contribution is -2.46. The summed E-state index contributed by atoms with van der Waals surface area (Å²) in [6.45, 7) is 0.958. The lowest BCUT2D eigenvalue weighted by atomic mass is 10.1. The number of hydrazine groups is 1. The zero-order valence-electron chi connectivity index (χ0n) is 21.5. The normalized spacial score (nSPS) is 11.8. The van der Waals surface area contributed by atoms with Gasteiger partial charge in [0.25, 0.3) is 5.91 Å². The molecule has 2 amide bonds. The molecule has 5 aromatic rings. The van der Waals surface area contributed by atoms with Crippen molar-refractivity contribution in [2.45, 2.75) is 19.6 Å². The number of halogens is 4. The molecule has 2 N–H and O–H groups in total. The van der Waals surface area contributed by atoms with Gasteiger partial charge in [0.1, 0.15) is 16.5 Å². The Morgan fingerprint density at radius 3 is 2.48 bits per heavy atom. The topological polar surface area (TPSA) is 97.3 Å². The van der Waals surface area contributed by atoms with Crippen molar-refractivity contribution in [2.24, 2.45) is 7.05 Å². The van der Waals surface area contributed by atoms with Gasteiger partial charge >= 0.3 is 6.18 Å². The predicted molar refractivity (Wildman–Crippen MR) is 143 cm³/mol. The molecule has 2 aromatic carbocycles. The van der Waals surface area contributed by atoms with Crippen LogP contribution in [-0.2, 0) is 24.6 Å². The maximum atomic E-state index is 15.2. The molecule has 13 heteroatoms. The highest BCUT2D eigenvalue weighted by Crippen LogP contribution is 2.38. The number of nitrogens with zero attached hydrogens (tertiary/aromatic N) is 5. The van der Waals surface area contributed by atoms with Gasteiger partial charge in [0.15, 0.2) is 0 Å². The van der Waals surface area contributed by atoms with Crippen molar-refractivity contribution in [3.63, 3.8) is 0 Å². The minimum Gasteiger partial charge on any atom is -0.383 e. The molecule has 5 rings (SSSR count). The molecule has 40 heavy (non-hydrogen) atoms. The Bertz CT molecular complexity index is 1800. The van der Waals surface area contributed by atoms with Gasteiger partial charge in [-0.15, -0.1) is 11.3 Å². The highest BCUT2D eigenvalue weighted by molar-refractivity contribution is 7.15. The van der Waals surface area contributed by atoms with Crippen molar-refractivity contribution in [2.75, 3.05) is 12.8 Å². The number of carbonyl (C=O) groups excluding carboxylic acids is 2. The van der Waals surface area contributed by atoms with E-state index in [1.165, 1.54) is 38.2 Å². The molecule has 3 heterocycles. The van der Waals surface area contributed by atoms with Crippen LogP contribution in [0.1, 0.15) is 27.7 Å². The summed E-state index contributed by atoms with van der Waals surface area (Å²) in [5, 5.41) is 7.64. The standard InChI is InChI=1S/C27H22F4N6O2S/c1-14(38)36(3)37(13-17-5-4-15(11-20(17)28)22-8-9-23(40-22)27(29,30)31)26(39)16-6-7-21-18(10-16)24-19(25(32)34-21)12-33-35(24)2/h4-12H,13H2,1-3H3,(H2,32,34). The molecule has 8 nitrogen and oxygen atoms in total. The first kappa shape index (κ1) is 27.1. The van der Waals surface area contributed by atoms with E-state index in [0.29, 0.717) is 39.0 Å². The Morgan fingerprint density at radius 2 is 1.82 bits per heavy atom. The zero-order valence-corrected chi connectivity index (χ0v) is 22.3. The number of alkyl halides is 3. The first-order valence-electron chi connectivity index (χ1n) is 11.9. The van der Waals surface area contributed by atoms with Crippen LogP contribution in [0.4, 0.5) is 23.4 Å². The van der Waals surface area contributed by atoms with Gasteiger partial charge in [-0.1, -0.05) is 12.1 Å². The lowest BCUT2D eigenvalue weighted by Gasteiger charge is -2.31. The second-order valence-electron chi connectivity index (χ2n) is 9.13. The molecule has 0 fully saturated rings. The summed E-state index contributed by atoms with van der Waals surface area (Å²) in [6.07, 6.45) is -2.92. The van der Waals surface area contributed by atoms with Crippen LogP contribution in [0, 0.1) is 5.82 Å². The van der Waals surface area contributed by atoms with E-state index < -0.39 is 28.7 Å². The number of nitrogen functional groups attached to an aromatic ring is 1. The number of aryl methyl sites for hydroxylation is 1. The third kappa shape index (κ3) is 4.83. The number of hydrogen-bond acceptors (Lipinski definition) is 6. The minimum absolute atomic E-state index is 0.0713. The van der Waals surface area contributed by atoms with E-state index in [4.69, 9.17) is 5.73 Å². The van der Waals surface area contributed by atoms with Gasteiger partial charge in [-0.2, -0.15) is 18.3 Å². The predicted octanol–water partition coefficient (Wildman–Crippen LogP) is 5.63. The lowest BCUT2D eigenvalue weighted by molar-refractivity contribution is -0.140. The summed E-state index contributed by atoms with van der Waals surface area (Å²) in [4.78, 5) is 29.8. The number of pyridine rings is 1. The monoisotopic (exact) mass is 570 g/mol. The maximum Gasteiger partial charge on any atom is 0.425 e. The number of anilines is 1. The average molecular weight is 571 g/mol. The molecule has 3 aromatic heterocycles. The first-order valence-corrected chi connectivity index (χ1v) is 12.7. The number of carbonyl (C=O) groups is 2. The van der Waals surface area contributed by atoms with Crippen molar-refractivity contribution < 1.29 is 27.2 Å². The number of hydrogen-bond donors (Lipinski definition) is 1. The molecule has 206 valence electrons. The molecule has 0 saturated heterocycles. The highest BCUT2D eigenvalue weighted by atomic mass is 32.1. The number of amides is 2. The summed E-state index contributed by atoms with van der Waals surface area (Å²) >= 11 is 0.508. The van der Waals surface area contributed by atoms with E-state index >= 15 is 4.39 Å². The van der Waals surface area contributed by atoms with Gasteiger partial charge in [-0.3, -0.25) is 19.3 Å². The van der Waals surface area contributed by atoms with Crippen LogP contribution in [0.3, 0.4) is 0 Å². The quantitative estimate of drug-likeness (QED) is 0.223. The molecule has 0 radical (unpaired) electrons. The number of rotatable bonds is 4. The highest BCUT2D eigenvalue weighted by Gasteiger charge is 2.32. The molecular formula is C27H22F4N6O2S. The van der Waals surface area contributed by atoms with E-state index in [9.17, 15) is 22.8 Å². The number of fused-ring (bicyclic) bond motifs is 3. The van der Waals surface area contributed by atoms with Gasteiger partial charge in [0.05, 0.1) is 29.2 Å². The molecule has 0 bridgehead atoms. The Morgan fingerprint density at radius 1 is 1.07 bits per heavy atom. The minimum atomic E-state index is -4.49. The summed E-state index contributed by atoms with van der Waals surface area (Å²) in [5.74, 6) is -1.48. The summed E-state index contributed by atoms with van der Waals surface area (Å²) in [5.41, 5.74) is 7.82. The summed E-state index contributed by atoms with van der Waals surface area (Å²) in [6, 6.07) is 11.0. The van der Waals surface area contributed by atoms with Crippen molar-refractivity contribution >= 4 is 50.8 Å². The van der Waals surface area contributed by atoms with Gasteiger partial charge in [-0.05, 0) is 42.0 Å². The number of benzene rings is 2. The van der Waals surface area contributed by atoms with Gasteiger partial charge in [0, 0.05) is 42.4 Å². The van der Waals surface area contributed by atoms with Crippen LogP contribution < -0.4 is 5.73 Å². The van der Waals surface area contributed by atoms with Crippen LogP contribution in [0.5, 0.6) is 0 Å². The van der Waals surface area contributed by atoms with Gasteiger partial charge in [0.2, 0.25) is 5.91 Å². The van der Waals surface area contributed by atoms with Crippen molar-refractivity contribution in [1.82, 2.24) is 24.8 Å². The van der Waals surface area contributed by atoms with E-state index in [1.807, 2.05) is 0 Å². The number of aromatic nitrogens is 3. The fraction of sp³-hybridized carbons (Fsp3) is 0.185. The van der Waals surface area contributed by atoms with E-state index in [0.717, 1.165) is 22.2 Å². The largest absolute Gasteiger partial charge is 0.425 e. The zero-order chi connectivity index (χ0) is 28.9. The summed E-state index contributed by atoms with van der Waals surface area (Å²) < 4.78 is 55.8. The summed E-state index contributed by atoms with van der Waals surface area (Å²) in [7, 11) is 3.12. The molecule has 0 aliphatic rings. The first-order chi connectivity index (χ1) is 18.8. The van der Waals surface area contributed by atoms with Crippen molar-refractivity contribution in [3.05, 3.63) is 76.5 Å².